The second-order valence-electron chi connectivity index (χ2n) is 3.73. The van der Waals surface area contributed by atoms with Gasteiger partial charge in [-0.15, -0.1) is 11.3 Å². The molecule has 1 atom stereocenters. The van der Waals surface area contributed by atoms with Gasteiger partial charge in [0.1, 0.15) is 0 Å². The molecule has 0 aliphatic carbocycles. The van der Waals surface area contributed by atoms with Gasteiger partial charge in [-0.05, 0) is 28.4 Å². The number of ether oxygens (including phenoxy) is 1. The van der Waals surface area contributed by atoms with Crippen LogP contribution in [-0.2, 0) is 6.54 Å². The SMILES string of the molecule is COc1sc(CN2CC[C@H](O)C2)cc1Br. The second kappa shape index (κ2) is 4.82. The van der Waals surface area contributed by atoms with Gasteiger partial charge in [0.2, 0.25) is 0 Å². The standard InChI is InChI=1S/C10H14BrNO2S/c1-14-10-9(11)4-8(15-10)6-12-3-2-7(13)5-12/h4,7,13H,2-3,5-6H2,1H3/t7-/m0/s1. The monoisotopic (exact) mass is 291 g/mol. The first-order valence-electron chi connectivity index (χ1n) is 4.91. The van der Waals surface area contributed by atoms with Crippen molar-refractivity contribution in [3.8, 4) is 5.06 Å². The topological polar surface area (TPSA) is 32.7 Å². The summed E-state index contributed by atoms with van der Waals surface area (Å²) in [7, 11) is 1.68. The van der Waals surface area contributed by atoms with Crippen molar-refractivity contribution < 1.29 is 9.84 Å². The van der Waals surface area contributed by atoms with E-state index >= 15 is 0 Å². The summed E-state index contributed by atoms with van der Waals surface area (Å²) in [6.45, 7) is 2.68. The number of likely N-dealkylation sites (tertiary alicyclic amines) is 1. The van der Waals surface area contributed by atoms with Crippen molar-refractivity contribution in [1.82, 2.24) is 4.90 Å². The smallest absolute Gasteiger partial charge is 0.188 e. The molecule has 5 heteroatoms. The maximum absolute atomic E-state index is 9.41. The summed E-state index contributed by atoms with van der Waals surface area (Å²) in [4.78, 5) is 3.54. The first kappa shape index (κ1) is 11.4. The molecule has 2 rings (SSSR count). The summed E-state index contributed by atoms with van der Waals surface area (Å²) in [5, 5.41) is 10.3. The van der Waals surface area contributed by atoms with Crippen LogP contribution in [0, 0.1) is 0 Å². The van der Waals surface area contributed by atoms with E-state index < -0.39 is 0 Å². The Bertz CT molecular complexity index is 342. The molecule has 0 bridgehead atoms. The van der Waals surface area contributed by atoms with Crippen LogP contribution in [0.2, 0.25) is 0 Å². The Balaban J connectivity index is 1.98. The first-order valence-corrected chi connectivity index (χ1v) is 6.52. The number of rotatable bonds is 3. The molecule has 0 spiro atoms. The molecule has 0 saturated carbocycles. The number of halogens is 1. The normalized spacial score (nSPS) is 22.2. The van der Waals surface area contributed by atoms with Gasteiger partial charge >= 0.3 is 0 Å². The van der Waals surface area contributed by atoms with E-state index in [2.05, 4.69) is 26.9 Å². The van der Waals surface area contributed by atoms with Crippen LogP contribution in [0.3, 0.4) is 0 Å². The third-order valence-corrected chi connectivity index (χ3v) is 4.45. The first-order chi connectivity index (χ1) is 7.19. The molecule has 3 nitrogen and oxygen atoms in total. The van der Waals surface area contributed by atoms with Gasteiger partial charge in [0.25, 0.3) is 0 Å². The zero-order valence-electron chi connectivity index (χ0n) is 8.57. The van der Waals surface area contributed by atoms with Gasteiger partial charge in [0, 0.05) is 24.5 Å². The molecule has 1 aromatic rings. The van der Waals surface area contributed by atoms with Crippen LogP contribution in [0.4, 0.5) is 0 Å². The highest BCUT2D eigenvalue weighted by Crippen LogP contribution is 2.35. The van der Waals surface area contributed by atoms with Crippen LogP contribution in [0.5, 0.6) is 5.06 Å². The Morgan fingerprint density at radius 3 is 3.07 bits per heavy atom. The predicted octanol–water partition coefficient (Wildman–Crippen LogP) is 2.09. The lowest BCUT2D eigenvalue weighted by Crippen LogP contribution is -2.20. The van der Waals surface area contributed by atoms with Crippen molar-refractivity contribution in [2.45, 2.75) is 19.1 Å². The highest BCUT2D eigenvalue weighted by atomic mass is 79.9. The van der Waals surface area contributed by atoms with E-state index in [1.54, 1.807) is 18.4 Å². The van der Waals surface area contributed by atoms with Crippen LogP contribution in [0.1, 0.15) is 11.3 Å². The molecule has 0 amide bonds. The van der Waals surface area contributed by atoms with Crippen molar-refractivity contribution in [2.75, 3.05) is 20.2 Å². The largest absolute Gasteiger partial charge is 0.486 e. The molecule has 1 aliphatic heterocycles. The second-order valence-corrected chi connectivity index (χ2v) is 5.68. The fourth-order valence-corrected chi connectivity index (χ4v) is 3.53. The molecular formula is C10H14BrNO2S. The minimum absolute atomic E-state index is 0.143. The van der Waals surface area contributed by atoms with Gasteiger partial charge in [-0.2, -0.15) is 0 Å². The van der Waals surface area contributed by atoms with Gasteiger partial charge in [0.05, 0.1) is 17.7 Å². The number of hydrogen-bond acceptors (Lipinski definition) is 4. The molecule has 1 aromatic heterocycles. The highest BCUT2D eigenvalue weighted by molar-refractivity contribution is 9.10. The number of nitrogens with zero attached hydrogens (tertiary/aromatic N) is 1. The van der Waals surface area contributed by atoms with Crippen molar-refractivity contribution in [2.24, 2.45) is 0 Å². The van der Waals surface area contributed by atoms with Crippen LogP contribution in [-0.4, -0.2) is 36.3 Å². The molecule has 2 heterocycles. The summed E-state index contributed by atoms with van der Waals surface area (Å²) in [5.74, 6) is 0. The third-order valence-electron chi connectivity index (χ3n) is 2.52. The number of β-amino-alcohol motifs (C(OH)–C–C–N with tert-alkyl or cyclic N) is 1. The van der Waals surface area contributed by atoms with Crippen molar-refractivity contribution in [1.29, 1.82) is 0 Å². The quantitative estimate of drug-likeness (QED) is 0.926. The Morgan fingerprint density at radius 2 is 2.53 bits per heavy atom. The van der Waals surface area contributed by atoms with E-state index in [9.17, 15) is 5.11 Å². The van der Waals surface area contributed by atoms with E-state index in [0.717, 1.165) is 35.6 Å². The molecular weight excluding hydrogens is 278 g/mol. The molecule has 1 aliphatic rings. The Kier molecular flexibility index (Phi) is 3.66. The number of thiophene rings is 1. The molecule has 84 valence electrons. The summed E-state index contributed by atoms with van der Waals surface area (Å²) in [6, 6.07) is 2.09. The van der Waals surface area contributed by atoms with E-state index in [1.165, 1.54) is 4.88 Å². The summed E-state index contributed by atoms with van der Waals surface area (Å²) < 4.78 is 6.23. The van der Waals surface area contributed by atoms with Crippen LogP contribution in [0.15, 0.2) is 10.5 Å². The van der Waals surface area contributed by atoms with E-state index in [4.69, 9.17) is 4.74 Å². The number of aliphatic hydroxyl groups is 1. The molecule has 15 heavy (non-hydrogen) atoms. The maximum Gasteiger partial charge on any atom is 0.188 e. The van der Waals surface area contributed by atoms with Crippen LogP contribution in [0.25, 0.3) is 0 Å². The maximum atomic E-state index is 9.41. The summed E-state index contributed by atoms with van der Waals surface area (Å²) in [6.07, 6.45) is 0.749. The van der Waals surface area contributed by atoms with Gasteiger partial charge in [-0.1, -0.05) is 0 Å². The minimum atomic E-state index is -0.143. The zero-order chi connectivity index (χ0) is 10.8. The predicted molar refractivity (Wildman–Crippen MR) is 64.5 cm³/mol. The number of methoxy groups -OCH3 is 1. The van der Waals surface area contributed by atoms with Crippen molar-refractivity contribution in [3.05, 3.63) is 15.4 Å². The average molecular weight is 292 g/mol. The number of aliphatic hydroxyl groups excluding tert-OH is 1. The summed E-state index contributed by atoms with van der Waals surface area (Å²) in [5.41, 5.74) is 0. The van der Waals surface area contributed by atoms with Crippen LogP contribution < -0.4 is 4.74 Å². The molecule has 1 saturated heterocycles. The minimum Gasteiger partial charge on any atom is -0.486 e. The summed E-state index contributed by atoms with van der Waals surface area (Å²) >= 11 is 5.11. The van der Waals surface area contributed by atoms with Gasteiger partial charge in [-0.3, -0.25) is 4.90 Å². The van der Waals surface area contributed by atoms with Gasteiger partial charge in [-0.25, -0.2) is 0 Å². The lowest BCUT2D eigenvalue weighted by molar-refractivity contribution is 0.175. The fourth-order valence-electron chi connectivity index (χ4n) is 1.79. The fraction of sp³-hybridized carbons (Fsp3) is 0.600. The zero-order valence-corrected chi connectivity index (χ0v) is 11.0. The van der Waals surface area contributed by atoms with E-state index in [1.807, 2.05) is 0 Å². The molecule has 0 radical (unpaired) electrons. The Labute approximate surface area is 102 Å². The van der Waals surface area contributed by atoms with E-state index in [-0.39, 0.29) is 6.10 Å². The Morgan fingerprint density at radius 1 is 1.73 bits per heavy atom. The molecule has 0 aromatic carbocycles. The van der Waals surface area contributed by atoms with E-state index in [0.29, 0.717) is 0 Å². The molecule has 1 fully saturated rings. The average Bonchev–Trinajstić information content (AvgIpc) is 2.73. The van der Waals surface area contributed by atoms with Gasteiger partial charge in [0.15, 0.2) is 5.06 Å². The van der Waals surface area contributed by atoms with Crippen LogP contribution >= 0.6 is 27.3 Å². The van der Waals surface area contributed by atoms with Crippen molar-refractivity contribution in [3.63, 3.8) is 0 Å². The highest BCUT2D eigenvalue weighted by Gasteiger charge is 2.21. The number of hydrogen-bond donors (Lipinski definition) is 1. The lowest BCUT2D eigenvalue weighted by Gasteiger charge is -2.12. The lowest BCUT2D eigenvalue weighted by atomic mass is 10.3. The Hall–Kier alpha value is -0.100. The molecule has 0 unspecified atom stereocenters. The van der Waals surface area contributed by atoms with Crippen molar-refractivity contribution >= 4 is 27.3 Å². The van der Waals surface area contributed by atoms with Gasteiger partial charge < -0.3 is 9.84 Å². The third kappa shape index (κ3) is 2.72. The molecule has 1 N–H and O–H groups in total.